The quantitative estimate of drug-likeness (QED) is 0.712. The van der Waals surface area contributed by atoms with Crippen molar-refractivity contribution < 1.29 is 19.0 Å². The van der Waals surface area contributed by atoms with Crippen LogP contribution >= 0.6 is 0 Å². The molecule has 0 spiro atoms. The molecule has 0 saturated carbocycles. The highest BCUT2D eigenvalue weighted by molar-refractivity contribution is 5.69. The average molecular weight is 244 g/mol. The summed E-state index contributed by atoms with van der Waals surface area (Å²) >= 11 is 0. The predicted molar refractivity (Wildman–Crippen MR) is 64.8 cm³/mol. The van der Waals surface area contributed by atoms with Crippen molar-refractivity contribution in [1.82, 2.24) is 0 Å². The molecular weight excluding hydrogens is 220 g/mol. The molecule has 1 aliphatic rings. The number of rotatable bonds is 4. The Hall–Kier alpha value is -0.610. The van der Waals surface area contributed by atoms with Gasteiger partial charge in [0.1, 0.15) is 5.60 Å². The number of esters is 1. The van der Waals surface area contributed by atoms with Crippen molar-refractivity contribution in [2.24, 2.45) is 0 Å². The van der Waals surface area contributed by atoms with Crippen molar-refractivity contribution in [2.45, 2.75) is 70.9 Å². The van der Waals surface area contributed by atoms with Crippen LogP contribution < -0.4 is 0 Å². The molecule has 17 heavy (non-hydrogen) atoms. The molecule has 0 radical (unpaired) electrons. The maximum absolute atomic E-state index is 11.6. The van der Waals surface area contributed by atoms with Crippen LogP contribution in [0.15, 0.2) is 0 Å². The van der Waals surface area contributed by atoms with Crippen molar-refractivity contribution in [3.63, 3.8) is 0 Å². The van der Waals surface area contributed by atoms with Gasteiger partial charge < -0.3 is 14.2 Å². The van der Waals surface area contributed by atoms with Gasteiger partial charge in [-0.2, -0.15) is 0 Å². The molecule has 0 aromatic rings. The Kier molecular flexibility index (Phi) is 4.95. The average Bonchev–Trinajstić information content (AvgIpc) is 2.24. The smallest absolute Gasteiger partial charge is 0.306 e. The van der Waals surface area contributed by atoms with Gasteiger partial charge in [-0.15, -0.1) is 0 Å². The van der Waals surface area contributed by atoms with Crippen molar-refractivity contribution in [1.29, 1.82) is 0 Å². The van der Waals surface area contributed by atoms with E-state index >= 15 is 0 Å². The molecule has 1 unspecified atom stereocenters. The highest BCUT2D eigenvalue weighted by Gasteiger charge is 2.46. The van der Waals surface area contributed by atoms with Gasteiger partial charge in [0.2, 0.25) is 0 Å². The first kappa shape index (κ1) is 14.5. The Bertz CT molecular complexity index is 266. The minimum Gasteiger partial charge on any atom is -0.457 e. The number of carbonyl (C=O) groups is 1. The third kappa shape index (κ3) is 3.42. The topological polar surface area (TPSA) is 44.8 Å². The first-order chi connectivity index (χ1) is 7.92. The molecule has 0 aromatic heterocycles. The van der Waals surface area contributed by atoms with E-state index in [1.54, 1.807) is 7.11 Å². The zero-order valence-electron chi connectivity index (χ0n) is 11.5. The van der Waals surface area contributed by atoms with Gasteiger partial charge in [-0.25, -0.2) is 0 Å². The fourth-order valence-electron chi connectivity index (χ4n) is 2.49. The van der Waals surface area contributed by atoms with E-state index in [4.69, 9.17) is 14.2 Å². The summed E-state index contributed by atoms with van der Waals surface area (Å²) in [7, 11) is 1.66. The molecule has 0 aromatic carbocycles. The van der Waals surface area contributed by atoms with E-state index < -0.39 is 5.60 Å². The van der Waals surface area contributed by atoms with Crippen molar-refractivity contribution in [3.05, 3.63) is 0 Å². The van der Waals surface area contributed by atoms with E-state index in [-0.39, 0.29) is 24.3 Å². The maximum Gasteiger partial charge on any atom is 0.306 e. The summed E-state index contributed by atoms with van der Waals surface area (Å²) in [5, 5.41) is 0. The molecular formula is C13H24O4. The lowest BCUT2D eigenvalue weighted by atomic mass is 9.86. The number of hydrogen-bond donors (Lipinski definition) is 0. The SMILES string of the molecule is CCCC(=O)OC1[C@H](C)O[C@@H](C)C[C@@]1(C)OC. The molecule has 1 heterocycles. The number of carbonyl (C=O) groups excluding carboxylic acids is 1. The Morgan fingerprint density at radius 3 is 2.65 bits per heavy atom. The van der Waals surface area contributed by atoms with Crippen LogP contribution in [0.3, 0.4) is 0 Å². The number of methoxy groups -OCH3 is 1. The van der Waals surface area contributed by atoms with E-state index in [0.29, 0.717) is 6.42 Å². The number of ether oxygens (including phenoxy) is 3. The molecule has 1 rings (SSSR count). The van der Waals surface area contributed by atoms with Gasteiger partial charge in [0, 0.05) is 20.0 Å². The van der Waals surface area contributed by atoms with Crippen LogP contribution in [0.4, 0.5) is 0 Å². The highest BCUT2D eigenvalue weighted by Crippen LogP contribution is 2.34. The Balaban J connectivity index is 2.74. The lowest BCUT2D eigenvalue weighted by molar-refractivity contribution is -0.226. The third-order valence-electron chi connectivity index (χ3n) is 3.35. The molecule has 0 bridgehead atoms. The van der Waals surface area contributed by atoms with Gasteiger partial charge in [0.25, 0.3) is 0 Å². The van der Waals surface area contributed by atoms with Crippen LogP contribution in [-0.2, 0) is 19.0 Å². The van der Waals surface area contributed by atoms with Crippen molar-refractivity contribution >= 4 is 5.97 Å². The van der Waals surface area contributed by atoms with Gasteiger partial charge in [-0.1, -0.05) is 6.92 Å². The second kappa shape index (κ2) is 5.83. The van der Waals surface area contributed by atoms with E-state index in [1.165, 1.54) is 0 Å². The largest absolute Gasteiger partial charge is 0.457 e. The molecule has 100 valence electrons. The Morgan fingerprint density at radius 2 is 2.12 bits per heavy atom. The lowest BCUT2D eigenvalue weighted by Crippen LogP contribution is -2.57. The van der Waals surface area contributed by atoms with Gasteiger partial charge in [-0.05, 0) is 27.2 Å². The maximum atomic E-state index is 11.6. The van der Waals surface area contributed by atoms with Gasteiger partial charge >= 0.3 is 5.97 Å². The summed E-state index contributed by atoms with van der Waals surface area (Å²) in [4.78, 5) is 11.6. The monoisotopic (exact) mass is 244 g/mol. The first-order valence-electron chi connectivity index (χ1n) is 6.33. The highest BCUT2D eigenvalue weighted by atomic mass is 16.6. The van der Waals surface area contributed by atoms with Crippen molar-refractivity contribution in [3.8, 4) is 0 Å². The predicted octanol–water partition coefficient (Wildman–Crippen LogP) is 2.30. The van der Waals surface area contributed by atoms with Crippen LogP contribution in [0.5, 0.6) is 0 Å². The van der Waals surface area contributed by atoms with Crippen LogP contribution in [0.2, 0.25) is 0 Å². The Labute approximate surface area is 104 Å². The van der Waals surface area contributed by atoms with Gasteiger partial charge in [0.15, 0.2) is 6.10 Å². The molecule has 0 amide bonds. The molecule has 1 aliphatic heterocycles. The summed E-state index contributed by atoms with van der Waals surface area (Å²) in [6.45, 7) is 7.88. The second-order valence-corrected chi connectivity index (χ2v) is 5.03. The summed E-state index contributed by atoms with van der Waals surface area (Å²) in [5.41, 5.74) is -0.458. The summed E-state index contributed by atoms with van der Waals surface area (Å²) in [5.74, 6) is -0.175. The zero-order chi connectivity index (χ0) is 13.1. The number of hydrogen-bond acceptors (Lipinski definition) is 4. The molecule has 1 saturated heterocycles. The van der Waals surface area contributed by atoms with E-state index in [2.05, 4.69) is 0 Å². The molecule has 4 heteroatoms. The van der Waals surface area contributed by atoms with Crippen LogP contribution in [0.25, 0.3) is 0 Å². The van der Waals surface area contributed by atoms with E-state index in [9.17, 15) is 4.79 Å². The van der Waals surface area contributed by atoms with Crippen molar-refractivity contribution in [2.75, 3.05) is 7.11 Å². The standard InChI is InChI=1S/C13H24O4/c1-6-7-11(14)17-12-10(3)16-9(2)8-13(12,4)15-5/h9-10,12H,6-8H2,1-5H3/t9-,10-,12?,13+/m0/s1. The minimum absolute atomic E-state index is 0.121. The van der Waals surface area contributed by atoms with Gasteiger partial charge in [-0.3, -0.25) is 4.79 Å². The molecule has 1 fully saturated rings. The minimum atomic E-state index is -0.458. The van der Waals surface area contributed by atoms with Crippen LogP contribution in [-0.4, -0.2) is 37.0 Å². The third-order valence-corrected chi connectivity index (χ3v) is 3.35. The normalized spacial score (nSPS) is 37.8. The molecule has 0 aliphatic carbocycles. The van der Waals surface area contributed by atoms with Crippen LogP contribution in [0, 0.1) is 0 Å². The summed E-state index contributed by atoms with van der Waals surface area (Å²) in [6, 6.07) is 0. The lowest BCUT2D eigenvalue weighted by Gasteiger charge is -2.45. The summed E-state index contributed by atoms with van der Waals surface area (Å²) in [6.07, 6.45) is 1.63. The molecule has 4 nitrogen and oxygen atoms in total. The molecule has 4 atom stereocenters. The fourth-order valence-corrected chi connectivity index (χ4v) is 2.49. The Morgan fingerprint density at radius 1 is 1.47 bits per heavy atom. The second-order valence-electron chi connectivity index (χ2n) is 5.03. The first-order valence-corrected chi connectivity index (χ1v) is 6.33. The fraction of sp³-hybridized carbons (Fsp3) is 0.923. The zero-order valence-corrected chi connectivity index (χ0v) is 11.5. The van der Waals surface area contributed by atoms with Crippen LogP contribution in [0.1, 0.15) is 47.0 Å². The molecule has 0 N–H and O–H groups in total. The van der Waals surface area contributed by atoms with E-state index in [0.717, 1.165) is 12.8 Å². The van der Waals surface area contributed by atoms with E-state index in [1.807, 2.05) is 27.7 Å². The van der Waals surface area contributed by atoms with Gasteiger partial charge in [0.05, 0.1) is 12.2 Å². The summed E-state index contributed by atoms with van der Waals surface area (Å²) < 4.78 is 16.8.